The Kier molecular flexibility index (Phi) is 5.08. The van der Waals surface area contributed by atoms with Gasteiger partial charge in [0.15, 0.2) is 0 Å². The molecule has 1 aliphatic carbocycles. The van der Waals surface area contributed by atoms with E-state index in [4.69, 9.17) is 16.7 Å². The predicted molar refractivity (Wildman–Crippen MR) is 78.1 cm³/mol. The molecular weight excluding hydrogens is 262 g/mol. The molecule has 0 heterocycles. The van der Waals surface area contributed by atoms with E-state index in [-0.39, 0.29) is 10.6 Å². The standard InChI is InChI=1S/C15H20ClNO2/c16-14-8-7-12(9-13(14)15(18)19)17-10-11-5-3-1-2-4-6-11/h7-9,11,17H,1-6,10H2,(H,18,19). The Morgan fingerprint density at radius 1 is 1.26 bits per heavy atom. The van der Waals surface area contributed by atoms with Crippen molar-refractivity contribution < 1.29 is 9.90 Å². The molecule has 2 rings (SSSR count). The van der Waals surface area contributed by atoms with Crippen molar-refractivity contribution in [3.05, 3.63) is 28.8 Å². The first-order valence-corrected chi connectivity index (χ1v) is 7.31. The van der Waals surface area contributed by atoms with Gasteiger partial charge in [0.1, 0.15) is 0 Å². The molecule has 0 amide bonds. The van der Waals surface area contributed by atoms with Crippen molar-refractivity contribution in [3.8, 4) is 0 Å². The number of rotatable bonds is 4. The third kappa shape index (κ3) is 4.13. The van der Waals surface area contributed by atoms with Crippen molar-refractivity contribution in [2.45, 2.75) is 38.5 Å². The van der Waals surface area contributed by atoms with Crippen molar-refractivity contribution in [2.75, 3.05) is 11.9 Å². The summed E-state index contributed by atoms with van der Waals surface area (Å²) in [6, 6.07) is 5.09. The molecule has 0 aromatic heterocycles. The molecule has 0 bridgehead atoms. The molecule has 1 fully saturated rings. The van der Waals surface area contributed by atoms with Crippen LogP contribution in [-0.4, -0.2) is 17.6 Å². The number of hydrogen-bond acceptors (Lipinski definition) is 2. The van der Waals surface area contributed by atoms with Gasteiger partial charge in [-0.15, -0.1) is 0 Å². The Morgan fingerprint density at radius 2 is 1.95 bits per heavy atom. The van der Waals surface area contributed by atoms with Crippen LogP contribution in [0.5, 0.6) is 0 Å². The number of halogens is 1. The minimum Gasteiger partial charge on any atom is -0.478 e. The van der Waals surface area contributed by atoms with E-state index in [1.54, 1.807) is 12.1 Å². The predicted octanol–water partition coefficient (Wildman–Crippen LogP) is 4.42. The second kappa shape index (κ2) is 6.80. The van der Waals surface area contributed by atoms with Crippen LogP contribution in [0.15, 0.2) is 18.2 Å². The van der Waals surface area contributed by atoms with Gasteiger partial charge < -0.3 is 10.4 Å². The van der Waals surface area contributed by atoms with Crippen LogP contribution in [0.2, 0.25) is 5.02 Å². The highest BCUT2D eigenvalue weighted by Gasteiger charge is 2.13. The van der Waals surface area contributed by atoms with Crippen LogP contribution < -0.4 is 5.32 Å². The minimum absolute atomic E-state index is 0.160. The number of aromatic carboxylic acids is 1. The average Bonchev–Trinajstić information content (AvgIpc) is 2.66. The number of carboxylic acids is 1. The fourth-order valence-corrected chi connectivity index (χ4v) is 2.83. The molecule has 0 spiro atoms. The van der Waals surface area contributed by atoms with Gasteiger partial charge in [-0.1, -0.05) is 37.3 Å². The molecule has 1 saturated carbocycles. The summed E-state index contributed by atoms with van der Waals surface area (Å²) >= 11 is 5.85. The largest absolute Gasteiger partial charge is 0.478 e. The zero-order valence-corrected chi connectivity index (χ0v) is 11.7. The van der Waals surface area contributed by atoms with Gasteiger partial charge in [-0.05, 0) is 37.0 Å². The number of carboxylic acid groups (broad SMARTS) is 1. The van der Waals surface area contributed by atoms with Gasteiger partial charge in [-0.25, -0.2) is 4.79 Å². The minimum atomic E-state index is -0.983. The molecule has 19 heavy (non-hydrogen) atoms. The molecule has 104 valence electrons. The molecule has 0 unspecified atom stereocenters. The fourth-order valence-electron chi connectivity index (χ4n) is 2.63. The smallest absolute Gasteiger partial charge is 0.337 e. The number of hydrogen-bond donors (Lipinski definition) is 2. The monoisotopic (exact) mass is 281 g/mol. The molecule has 0 saturated heterocycles. The maximum Gasteiger partial charge on any atom is 0.337 e. The van der Waals surface area contributed by atoms with E-state index in [2.05, 4.69) is 5.32 Å². The molecule has 0 atom stereocenters. The molecule has 0 radical (unpaired) electrons. The number of anilines is 1. The lowest BCUT2D eigenvalue weighted by atomic mass is 10.0. The van der Waals surface area contributed by atoms with E-state index in [0.29, 0.717) is 5.92 Å². The summed E-state index contributed by atoms with van der Waals surface area (Å²) in [6.45, 7) is 0.917. The summed E-state index contributed by atoms with van der Waals surface area (Å²) in [5.74, 6) is -0.283. The first-order valence-electron chi connectivity index (χ1n) is 6.93. The van der Waals surface area contributed by atoms with Gasteiger partial charge in [-0.3, -0.25) is 0 Å². The summed E-state index contributed by atoms with van der Waals surface area (Å²) in [7, 11) is 0. The number of benzene rings is 1. The van der Waals surface area contributed by atoms with Crippen molar-refractivity contribution >= 4 is 23.3 Å². The molecule has 1 aromatic carbocycles. The van der Waals surface area contributed by atoms with E-state index in [9.17, 15) is 4.79 Å². The second-order valence-electron chi connectivity index (χ2n) is 5.24. The number of nitrogens with one attached hydrogen (secondary N) is 1. The molecule has 0 aliphatic heterocycles. The highest BCUT2D eigenvalue weighted by molar-refractivity contribution is 6.33. The summed E-state index contributed by atoms with van der Waals surface area (Å²) < 4.78 is 0. The van der Waals surface area contributed by atoms with Crippen LogP contribution >= 0.6 is 11.6 Å². The van der Waals surface area contributed by atoms with E-state index in [1.165, 1.54) is 38.5 Å². The quantitative estimate of drug-likeness (QED) is 0.803. The summed E-state index contributed by atoms with van der Waals surface area (Å²) in [5, 5.41) is 12.7. The van der Waals surface area contributed by atoms with Gasteiger partial charge >= 0.3 is 5.97 Å². The molecule has 1 aromatic rings. The lowest BCUT2D eigenvalue weighted by molar-refractivity contribution is 0.0697. The first-order chi connectivity index (χ1) is 9.16. The number of carbonyl (C=O) groups is 1. The molecular formula is C15H20ClNO2. The van der Waals surface area contributed by atoms with Gasteiger partial charge in [0.05, 0.1) is 10.6 Å². The third-order valence-electron chi connectivity index (χ3n) is 3.77. The van der Waals surface area contributed by atoms with Crippen molar-refractivity contribution in [2.24, 2.45) is 5.92 Å². The zero-order chi connectivity index (χ0) is 13.7. The maximum atomic E-state index is 11.0. The Labute approximate surface area is 119 Å². The summed E-state index contributed by atoms with van der Waals surface area (Å²) in [6.07, 6.45) is 7.86. The average molecular weight is 282 g/mol. The van der Waals surface area contributed by atoms with E-state index >= 15 is 0 Å². The summed E-state index contributed by atoms with van der Waals surface area (Å²) in [4.78, 5) is 11.0. The Hall–Kier alpha value is -1.22. The van der Waals surface area contributed by atoms with Crippen LogP contribution in [0.3, 0.4) is 0 Å². The first kappa shape index (κ1) is 14.2. The van der Waals surface area contributed by atoms with E-state index in [1.807, 2.05) is 6.07 Å². The third-order valence-corrected chi connectivity index (χ3v) is 4.10. The maximum absolute atomic E-state index is 11.0. The lowest BCUT2D eigenvalue weighted by Crippen LogP contribution is -2.14. The van der Waals surface area contributed by atoms with Crippen LogP contribution in [0.4, 0.5) is 5.69 Å². The molecule has 1 aliphatic rings. The van der Waals surface area contributed by atoms with Crippen molar-refractivity contribution in [1.82, 2.24) is 0 Å². The van der Waals surface area contributed by atoms with Gasteiger partial charge in [-0.2, -0.15) is 0 Å². The Morgan fingerprint density at radius 3 is 2.58 bits per heavy atom. The fraction of sp³-hybridized carbons (Fsp3) is 0.533. The highest BCUT2D eigenvalue weighted by Crippen LogP contribution is 2.25. The SMILES string of the molecule is O=C(O)c1cc(NCC2CCCCCC2)ccc1Cl. The molecule has 2 N–H and O–H groups in total. The van der Waals surface area contributed by atoms with Gasteiger partial charge in [0, 0.05) is 12.2 Å². The molecule has 4 heteroatoms. The Bertz CT molecular complexity index is 440. The lowest BCUT2D eigenvalue weighted by Gasteiger charge is -2.16. The van der Waals surface area contributed by atoms with Crippen LogP contribution in [0.25, 0.3) is 0 Å². The second-order valence-corrected chi connectivity index (χ2v) is 5.65. The van der Waals surface area contributed by atoms with Gasteiger partial charge in [0.2, 0.25) is 0 Å². The van der Waals surface area contributed by atoms with Gasteiger partial charge in [0.25, 0.3) is 0 Å². The summed E-state index contributed by atoms with van der Waals surface area (Å²) in [5.41, 5.74) is 0.999. The van der Waals surface area contributed by atoms with Crippen LogP contribution in [0, 0.1) is 5.92 Å². The van der Waals surface area contributed by atoms with Crippen LogP contribution in [-0.2, 0) is 0 Å². The van der Waals surface area contributed by atoms with Crippen LogP contribution in [0.1, 0.15) is 48.9 Å². The Balaban J connectivity index is 1.95. The van der Waals surface area contributed by atoms with E-state index in [0.717, 1.165) is 12.2 Å². The molecule has 3 nitrogen and oxygen atoms in total. The highest BCUT2D eigenvalue weighted by atomic mass is 35.5. The normalized spacial score (nSPS) is 16.9. The van der Waals surface area contributed by atoms with E-state index < -0.39 is 5.97 Å². The zero-order valence-electron chi connectivity index (χ0n) is 11.0. The van der Waals surface area contributed by atoms with Crippen molar-refractivity contribution in [1.29, 1.82) is 0 Å². The topological polar surface area (TPSA) is 49.3 Å². The van der Waals surface area contributed by atoms with Crippen molar-refractivity contribution in [3.63, 3.8) is 0 Å².